The van der Waals surface area contributed by atoms with Gasteiger partial charge in [-0.25, -0.2) is 0 Å². The second-order valence-electron chi connectivity index (χ2n) is 4.34. The number of rotatable bonds is 3. The Balaban J connectivity index is 2.14. The van der Waals surface area contributed by atoms with Crippen molar-refractivity contribution in [2.45, 2.75) is 0 Å². The standard InChI is InChI=1S/C15H10N4O4/c16-9-10-5-1-2-6-11(10)17-14(20)15(21)18-12-7-3-4-8-13(12)19(22)23/h1-8H,(H,17,20)(H,18,21). The van der Waals surface area contributed by atoms with E-state index in [4.69, 9.17) is 5.26 Å². The zero-order valence-corrected chi connectivity index (χ0v) is 11.6. The number of carbonyl (C=O) groups excluding carboxylic acids is 2. The van der Waals surface area contributed by atoms with E-state index in [0.717, 1.165) is 0 Å². The number of para-hydroxylation sites is 3. The number of carbonyl (C=O) groups is 2. The number of amides is 2. The third-order valence-electron chi connectivity index (χ3n) is 2.85. The highest BCUT2D eigenvalue weighted by atomic mass is 16.6. The summed E-state index contributed by atoms with van der Waals surface area (Å²) < 4.78 is 0. The van der Waals surface area contributed by atoms with Crippen molar-refractivity contribution in [3.8, 4) is 6.07 Å². The summed E-state index contributed by atoms with van der Waals surface area (Å²) in [6.45, 7) is 0. The molecule has 0 fully saturated rings. The van der Waals surface area contributed by atoms with Crippen LogP contribution in [-0.4, -0.2) is 16.7 Å². The van der Waals surface area contributed by atoms with Crippen LogP contribution in [0.5, 0.6) is 0 Å². The van der Waals surface area contributed by atoms with Gasteiger partial charge in [-0.1, -0.05) is 24.3 Å². The zero-order valence-electron chi connectivity index (χ0n) is 11.6. The number of hydrogen-bond donors (Lipinski definition) is 2. The third-order valence-corrected chi connectivity index (χ3v) is 2.85. The molecule has 0 bridgehead atoms. The maximum Gasteiger partial charge on any atom is 0.314 e. The predicted molar refractivity (Wildman–Crippen MR) is 81.5 cm³/mol. The molecule has 114 valence electrons. The van der Waals surface area contributed by atoms with Crippen molar-refractivity contribution in [1.82, 2.24) is 0 Å². The Bertz CT molecular complexity index is 826. The van der Waals surface area contributed by atoms with Gasteiger partial charge in [-0.3, -0.25) is 19.7 Å². The van der Waals surface area contributed by atoms with Gasteiger partial charge in [0.25, 0.3) is 5.69 Å². The second-order valence-corrected chi connectivity index (χ2v) is 4.34. The number of hydrogen-bond acceptors (Lipinski definition) is 5. The molecule has 2 aromatic carbocycles. The van der Waals surface area contributed by atoms with Gasteiger partial charge in [0.1, 0.15) is 11.8 Å². The maximum absolute atomic E-state index is 11.9. The number of nitro groups is 1. The molecule has 2 aromatic rings. The van der Waals surface area contributed by atoms with Crippen molar-refractivity contribution in [2.75, 3.05) is 10.6 Å². The smallest absolute Gasteiger partial charge is 0.314 e. The van der Waals surface area contributed by atoms with E-state index >= 15 is 0 Å². The molecule has 2 amide bonds. The lowest BCUT2D eigenvalue weighted by Crippen LogP contribution is -2.29. The van der Waals surface area contributed by atoms with Crippen LogP contribution in [0.4, 0.5) is 17.1 Å². The summed E-state index contributed by atoms with van der Waals surface area (Å²) in [4.78, 5) is 33.9. The fraction of sp³-hybridized carbons (Fsp3) is 0. The van der Waals surface area contributed by atoms with Crippen LogP contribution in [0.15, 0.2) is 48.5 Å². The highest BCUT2D eigenvalue weighted by Gasteiger charge is 2.20. The molecule has 0 aromatic heterocycles. The minimum Gasteiger partial charge on any atom is -0.317 e. The van der Waals surface area contributed by atoms with E-state index in [-0.39, 0.29) is 22.6 Å². The van der Waals surface area contributed by atoms with Crippen LogP contribution in [-0.2, 0) is 9.59 Å². The lowest BCUT2D eigenvalue weighted by molar-refractivity contribution is -0.383. The topological polar surface area (TPSA) is 125 Å². The van der Waals surface area contributed by atoms with Gasteiger partial charge < -0.3 is 10.6 Å². The molecule has 0 unspecified atom stereocenters. The van der Waals surface area contributed by atoms with Gasteiger partial charge >= 0.3 is 11.8 Å². The number of nitro benzene ring substituents is 1. The van der Waals surface area contributed by atoms with E-state index in [9.17, 15) is 19.7 Å². The number of anilines is 2. The van der Waals surface area contributed by atoms with Crippen molar-refractivity contribution >= 4 is 28.9 Å². The van der Waals surface area contributed by atoms with E-state index in [1.165, 1.54) is 36.4 Å². The van der Waals surface area contributed by atoms with Gasteiger partial charge in [-0.15, -0.1) is 0 Å². The summed E-state index contributed by atoms with van der Waals surface area (Å²) >= 11 is 0. The number of nitrogens with one attached hydrogen (secondary N) is 2. The van der Waals surface area contributed by atoms with Gasteiger partial charge in [0.05, 0.1) is 16.2 Å². The van der Waals surface area contributed by atoms with Crippen molar-refractivity contribution in [1.29, 1.82) is 5.26 Å². The Morgan fingerprint density at radius 1 is 0.957 bits per heavy atom. The van der Waals surface area contributed by atoms with Crippen LogP contribution >= 0.6 is 0 Å². The van der Waals surface area contributed by atoms with Crippen molar-refractivity contribution < 1.29 is 14.5 Å². The first-order chi connectivity index (χ1) is 11.0. The maximum atomic E-state index is 11.9. The lowest BCUT2D eigenvalue weighted by atomic mass is 10.2. The molecule has 2 N–H and O–H groups in total. The van der Waals surface area contributed by atoms with E-state index in [0.29, 0.717) is 0 Å². The molecular formula is C15H10N4O4. The van der Waals surface area contributed by atoms with E-state index in [1.54, 1.807) is 12.1 Å². The molecule has 8 heteroatoms. The molecule has 0 radical (unpaired) electrons. The quantitative estimate of drug-likeness (QED) is 0.510. The number of nitriles is 1. The summed E-state index contributed by atoms with van der Waals surface area (Å²) in [7, 11) is 0. The Kier molecular flexibility index (Phi) is 4.64. The number of nitrogens with zero attached hydrogens (tertiary/aromatic N) is 2. The van der Waals surface area contributed by atoms with Crippen LogP contribution in [0.25, 0.3) is 0 Å². The minimum atomic E-state index is -1.08. The average Bonchev–Trinajstić information content (AvgIpc) is 2.55. The van der Waals surface area contributed by atoms with Gasteiger partial charge in [0.15, 0.2) is 0 Å². The second kappa shape index (κ2) is 6.82. The van der Waals surface area contributed by atoms with Crippen molar-refractivity contribution in [3.63, 3.8) is 0 Å². The summed E-state index contributed by atoms with van der Waals surface area (Å²) in [5.74, 6) is -2.11. The predicted octanol–water partition coefficient (Wildman–Crippen LogP) is 2.04. The molecule has 23 heavy (non-hydrogen) atoms. The summed E-state index contributed by atoms with van der Waals surface area (Å²) in [5, 5.41) is 24.3. The average molecular weight is 310 g/mol. The molecule has 0 spiro atoms. The normalized spacial score (nSPS) is 9.52. The molecule has 0 atom stereocenters. The first-order valence-electron chi connectivity index (χ1n) is 6.38. The van der Waals surface area contributed by atoms with Gasteiger partial charge in [-0.05, 0) is 18.2 Å². The third kappa shape index (κ3) is 3.68. The van der Waals surface area contributed by atoms with Crippen LogP contribution in [0.3, 0.4) is 0 Å². The monoisotopic (exact) mass is 310 g/mol. The van der Waals surface area contributed by atoms with Gasteiger partial charge in [-0.2, -0.15) is 5.26 Å². The fourth-order valence-electron chi connectivity index (χ4n) is 1.79. The highest BCUT2D eigenvalue weighted by Crippen LogP contribution is 2.23. The summed E-state index contributed by atoms with van der Waals surface area (Å²) in [5.41, 5.74) is -0.0469. The Hall–Kier alpha value is -3.73. The molecule has 0 heterocycles. The molecule has 0 aliphatic heterocycles. The zero-order chi connectivity index (χ0) is 16.8. The van der Waals surface area contributed by atoms with Gasteiger partial charge in [0.2, 0.25) is 0 Å². The highest BCUT2D eigenvalue weighted by molar-refractivity contribution is 6.44. The fourth-order valence-corrected chi connectivity index (χ4v) is 1.79. The van der Waals surface area contributed by atoms with E-state index in [1.807, 2.05) is 6.07 Å². The SMILES string of the molecule is N#Cc1ccccc1NC(=O)C(=O)Nc1ccccc1[N+](=O)[O-]. The van der Waals surface area contributed by atoms with Crippen molar-refractivity contribution in [2.24, 2.45) is 0 Å². The van der Waals surface area contributed by atoms with Gasteiger partial charge in [0, 0.05) is 6.07 Å². The Morgan fingerprint density at radius 2 is 1.48 bits per heavy atom. The summed E-state index contributed by atoms with van der Waals surface area (Å²) in [6.07, 6.45) is 0. The first-order valence-corrected chi connectivity index (χ1v) is 6.38. The molecule has 0 aliphatic rings. The molecule has 8 nitrogen and oxygen atoms in total. The molecule has 2 rings (SSSR count). The summed E-state index contributed by atoms with van der Waals surface area (Å²) in [6, 6.07) is 13.5. The largest absolute Gasteiger partial charge is 0.317 e. The molecule has 0 saturated carbocycles. The van der Waals surface area contributed by atoms with Crippen LogP contribution in [0.1, 0.15) is 5.56 Å². The van der Waals surface area contributed by atoms with Crippen LogP contribution in [0, 0.1) is 21.4 Å². The number of benzene rings is 2. The van der Waals surface area contributed by atoms with E-state index in [2.05, 4.69) is 10.6 Å². The molecular weight excluding hydrogens is 300 g/mol. The lowest BCUT2D eigenvalue weighted by Gasteiger charge is -2.07. The van der Waals surface area contributed by atoms with Crippen LogP contribution < -0.4 is 10.6 Å². The van der Waals surface area contributed by atoms with Crippen LogP contribution in [0.2, 0.25) is 0 Å². The molecule has 0 aliphatic carbocycles. The molecule has 0 saturated heterocycles. The Morgan fingerprint density at radius 3 is 2.09 bits per heavy atom. The Labute approximate surface area is 130 Å². The van der Waals surface area contributed by atoms with E-state index < -0.39 is 16.7 Å². The first kappa shape index (κ1) is 15.7. The van der Waals surface area contributed by atoms with Crippen molar-refractivity contribution in [3.05, 3.63) is 64.2 Å². The minimum absolute atomic E-state index is 0.0915.